The van der Waals surface area contributed by atoms with E-state index in [0.29, 0.717) is 23.4 Å². The molecule has 5 rings (SSSR count). The van der Waals surface area contributed by atoms with Gasteiger partial charge in [-0.15, -0.1) is 0 Å². The molecule has 1 aliphatic rings. The van der Waals surface area contributed by atoms with E-state index < -0.39 is 24.7 Å². The van der Waals surface area contributed by atoms with E-state index in [1.807, 2.05) is 36.4 Å². The van der Waals surface area contributed by atoms with Gasteiger partial charge in [0, 0.05) is 40.5 Å². The highest BCUT2D eigenvalue weighted by Crippen LogP contribution is 2.24. The summed E-state index contributed by atoms with van der Waals surface area (Å²) in [6.45, 7) is -0.100. The van der Waals surface area contributed by atoms with Crippen LogP contribution in [0.4, 0.5) is 18.9 Å². The summed E-state index contributed by atoms with van der Waals surface area (Å²) in [7, 11) is 0. The maximum Gasteiger partial charge on any atom is 0.490 e. The Balaban J connectivity index is 0.000000220. The first-order valence-corrected chi connectivity index (χ1v) is 12.9. The first-order chi connectivity index (χ1) is 20.3. The minimum atomic E-state index is -5.08. The molecule has 1 heterocycles. The third kappa shape index (κ3) is 8.91. The molecule has 0 bridgehead atoms. The number of nitrogens with two attached hydrogens (primary N) is 2. The standard InChI is InChI=1S/C18H17N3O3.C10H11NO.C2HF3O2/c19-10-12-2-1-3-14(8-12)18(24)21(11-17(22)23)15-4-5-16-13(9-15)6-7-20-16;11-10(12)9-5-4-7-2-1-3-8(7)6-9;3-2(4,5)1(6)7/h1-9,20H,10-11,19H2,(H,22,23);4-6H,1-3H2,(H2,11,12);(H,6,7). The Morgan fingerprint density at radius 1 is 0.884 bits per heavy atom. The van der Waals surface area contributed by atoms with Crippen LogP contribution in [-0.4, -0.2) is 51.7 Å². The molecule has 1 aromatic heterocycles. The summed E-state index contributed by atoms with van der Waals surface area (Å²) in [5, 5.41) is 17.2. The molecule has 2 amide bonds. The van der Waals surface area contributed by atoms with Crippen LogP contribution in [0, 0.1) is 0 Å². The van der Waals surface area contributed by atoms with Crippen LogP contribution < -0.4 is 16.4 Å². The molecule has 7 N–H and O–H groups in total. The van der Waals surface area contributed by atoms with Crippen LogP contribution in [0.15, 0.2) is 72.9 Å². The molecule has 3 aromatic carbocycles. The van der Waals surface area contributed by atoms with Gasteiger partial charge in [0.2, 0.25) is 5.91 Å². The van der Waals surface area contributed by atoms with Crippen molar-refractivity contribution in [3.05, 3.63) is 101 Å². The number of aromatic nitrogens is 1. The van der Waals surface area contributed by atoms with Gasteiger partial charge in [-0.3, -0.25) is 19.3 Å². The Morgan fingerprint density at radius 3 is 2.21 bits per heavy atom. The van der Waals surface area contributed by atoms with Crippen molar-refractivity contribution in [1.82, 2.24) is 4.98 Å². The van der Waals surface area contributed by atoms with Gasteiger partial charge < -0.3 is 26.7 Å². The highest BCUT2D eigenvalue weighted by atomic mass is 19.4. The summed E-state index contributed by atoms with van der Waals surface area (Å²) in [5.41, 5.74) is 16.8. The number of carboxylic acids is 2. The number of anilines is 1. The predicted molar refractivity (Wildman–Crippen MR) is 153 cm³/mol. The maximum absolute atomic E-state index is 12.8. The lowest BCUT2D eigenvalue weighted by atomic mass is 10.1. The van der Waals surface area contributed by atoms with Gasteiger partial charge in [-0.2, -0.15) is 13.2 Å². The largest absolute Gasteiger partial charge is 0.490 e. The van der Waals surface area contributed by atoms with Crippen molar-refractivity contribution in [2.24, 2.45) is 11.5 Å². The fraction of sp³-hybridized carbons (Fsp3) is 0.200. The lowest BCUT2D eigenvalue weighted by Crippen LogP contribution is -2.35. The van der Waals surface area contributed by atoms with E-state index in [1.54, 1.807) is 36.5 Å². The number of primary amides is 1. The Morgan fingerprint density at radius 2 is 1.58 bits per heavy atom. The number of benzene rings is 3. The number of rotatable bonds is 6. The third-order valence-corrected chi connectivity index (χ3v) is 6.42. The number of carbonyl (C=O) groups excluding carboxylic acids is 2. The van der Waals surface area contributed by atoms with Crippen LogP contribution in [0.25, 0.3) is 10.9 Å². The minimum absolute atomic E-state index is 0.315. The lowest BCUT2D eigenvalue weighted by Gasteiger charge is -2.21. The van der Waals surface area contributed by atoms with Crippen molar-refractivity contribution >= 4 is 40.3 Å². The number of amides is 2. The molecular formula is C30H29F3N4O6. The number of aromatic amines is 1. The van der Waals surface area contributed by atoms with E-state index in [1.165, 1.54) is 22.4 Å². The summed E-state index contributed by atoms with van der Waals surface area (Å²) in [5.74, 6) is -4.53. The van der Waals surface area contributed by atoms with Crippen molar-refractivity contribution in [2.75, 3.05) is 11.4 Å². The number of aliphatic carboxylic acids is 2. The molecule has 43 heavy (non-hydrogen) atoms. The molecule has 10 nitrogen and oxygen atoms in total. The third-order valence-electron chi connectivity index (χ3n) is 6.42. The highest BCUT2D eigenvalue weighted by molar-refractivity contribution is 6.09. The summed E-state index contributed by atoms with van der Waals surface area (Å²) < 4.78 is 31.7. The Labute approximate surface area is 243 Å². The molecule has 0 saturated carbocycles. The zero-order valence-corrected chi connectivity index (χ0v) is 22.7. The molecule has 13 heteroatoms. The Hall–Kier alpha value is -5.17. The minimum Gasteiger partial charge on any atom is -0.480 e. The number of carboxylic acid groups (broad SMARTS) is 2. The van der Waals surface area contributed by atoms with Gasteiger partial charge in [-0.1, -0.05) is 18.2 Å². The second-order valence-electron chi connectivity index (χ2n) is 9.44. The van der Waals surface area contributed by atoms with Crippen LogP contribution in [0.3, 0.4) is 0 Å². The van der Waals surface area contributed by atoms with Gasteiger partial charge in [0.05, 0.1) is 0 Å². The fourth-order valence-corrected chi connectivity index (χ4v) is 4.34. The normalized spacial score (nSPS) is 11.8. The van der Waals surface area contributed by atoms with Crippen LogP contribution >= 0.6 is 0 Å². The van der Waals surface area contributed by atoms with E-state index >= 15 is 0 Å². The average molecular weight is 599 g/mol. The Kier molecular flexibility index (Phi) is 10.6. The molecule has 0 unspecified atom stereocenters. The van der Waals surface area contributed by atoms with Crippen molar-refractivity contribution in [2.45, 2.75) is 32.0 Å². The summed E-state index contributed by atoms with van der Waals surface area (Å²) in [6.07, 6.45) is 0.158. The fourth-order valence-electron chi connectivity index (χ4n) is 4.34. The van der Waals surface area contributed by atoms with E-state index in [2.05, 4.69) is 4.98 Å². The van der Waals surface area contributed by atoms with E-state index in [0.717, 1.165) is 29.3 Å². The molecule has 0 atom stereocenters. The molecule has 4 aromatic rings. The topological polar surface area (TPSA) is 180 Å². The smallest absolute Gasteiger partial charge is 0.480 e. The summed E-state index contributed by atoms with van der Waals surface area (Å²) >= 11 is 0. The van der Waals surface area contributed by atoms with E-state index in [4.69, 9.17) is 21.4 Å². The van der Waals surface area contributed by atoms with Gasteiger partial charge in [0.25, 0.3) is 5.91 Å². The molecule has 0 radical (unpaired) electrons. The van der Waals surface area contributed by atoms with Crippen molar-refractivity contribution < 1.29 is 42.6 Å². The van der Waals surface area contributed by atoms with Crippen LogP contribution in [-0.2, 0) is 29.0 Å². The predicted octanol–water partition coefficient (Wildman–Crippen LogP) is 4.27. The average Bonchev–Trinajstić information content (AvgIpc) is 3.64. The van der Waals surface area contributed by atoms with Crippen LogP contribution in [0.5, 0.6) is 0 Å². The number of fused-ring (bicyclic) bond motifs is 2. The number of H-pyrrole nitrogens is 1. The zero-order chi connectivity index (χ0) is 31.7. The number of nitrogens with one attached hydrogen (secondary N) is 1. The van der Waals surface area contributed by atoms with E-state index in [-0.39, 0.29) is 11.8 Å². The second kappa shape index (κ2) is 14.1. The van der Waals surface area contributed by atoms with Crippen LogP contribution in [0.1, 0.15) is 43.8 Å². The number of alkyl halides is 3. The quantitative estimate of drug-likeness (QED) is 0.220. The summed E-state index contributed by atoms with van der Waals surface area (Å²) in [6, 6.07) is 19.9. The van der Waals surface area contributed by atoms with Gasteiger partial charge >= 0.3 is 18.1 Å². The summed E-state index contributed by atoms with van der Waals surface area (Å²) in [4.78, 5) is 48.1. The maximum atomic E-state index is 12.8. The molecular weight excluding hydrogens is 569 g/mol. The molecule has 0 spiro atoms. The number of nitrogens with zero attached hydrogens (tertiary/aromatic N) is 1. The monoisotopic (exact) mass is 598 g/mol. The molecule has 226 valence electrons. The molecule has 0 fully saturated rings. The highest BCUT2D eigenvalue weighted by Gasteiger charge is 2.38. The molecule has 0 aliphatic heterocycles. The van der Waals surface area contributed by atoms with Gasteiger partial charge in [0.15, 0.2) is 0 Å². The number of hydrogen-bond donors (Lipinski definition) is 5. The van der Waals surface area contributed by atoms with E-state index in [9.17, 15) is 32.7 Å². The number of halogens is 3. The Bertz CT molecular complexity index is 1630. The molecule has 1 aliphatic carbocycles. The number of aryl methyl sites for hydroxylation is 2. The number of carbonyl (C=O) groups is 4. The second-order valence-corrected chi connectivity index (χ2v) is 9.44. The van der Waals surface area contributed by atoms with Crippen molar-refractivity contribution in [3.63, 3.8) is 0 Å². The van der Waals surface area contributed by atoms with Crippen molar-refractivity contribution in [3.8, 4) is 0 Å². The van der Waals surface area contributed by atoms with Crippen molar-refractivity contribution in [1.29, 1.82) is 0 Å². The lowest BCUT2D eigenvalue weighted by molar-refractivity contribution is -0.192. The first kappa shape index (κ1) is 32.3. The number of hydrogen-bond acceptors (Lipinski definition) is 5. The molecule has 0 saturated heterocycles. The zero-order valence-electron chi connectivity index (χ0n) is 22.7. The SMILES string of the molecule is NC(=O)c1ccc2c(c1)CCC2.NCc1cccc(C(=O)N(CC(=O)O)c2ccc3[nH]ccc3c2)c1.O=C(O)C(F)(F)F. The van der Waals surface area contributed by atoms with Gasteiger partial charge in [0.1, 0.15) is 6.54 Å². The van der Waals surface area contributed by atoms with Gasteiger partial charge in [-0.05, 0) is 84.5 Å². The van der Waals surface area contributed by atoms with Crippen LogP contribution in [0.2, 0.25) is 0 Å². The first-order valence-electron chi connectivity index (χ1n) is 12.9. The van der Waals surface area contributed by atoms with Gasteiger partial charge in [-0.25, -0.2) is 4.79 Å².